The summed E-state index contributed by atoms with van der Waals surface area (Å²) in [4.78, 5) is 29.2. The number of piperidine rings is 1. The largest absolute Gasteiger partial charge is 0.493 e. The number of benzene rings is 3. The van der Waals surface area contributed by atoms with E-state index in [-0.39, 0.29) is 49.6 Å². The Morgan fingerprint density at radius 1 is 0.980 bits per heavy atom. The summed E-state index contributed by atoms with van der Waals surface area (Å²) in [5.41, 5.74) is 2.00. The topological polar surface area (TPSA) is 96.0 Å². The molecule has 0 aromatic heterocycles. The summed E-state index contributed by atoms with van der Waals surface area (Å²) in [5.74, 6) is -0.883. The number of rotatable bonds is 14. The lowest BCUT2D eigenvalue weighted by atomic mass is 9.87. The van der Waals surface area contributed by atoms with Gasteiger partial charge in [-0.1, -0.05) is 24.3 Å². The molecule has 0 bridgehead atoms. The quantitative estimate of drug-likeness (QED) is 0.168. The fraction of sp³-hybridized carbons (Fsp3) is 0.474. The third-order valence-electron chi connectivity index (χ3n) is 8.41. The molecule has 3 aromatic rings. The minimum Gasteiger partial charge on any atom is -0.493 e. The van der Waals surface area contributed by atoms with E-state index in [0.29, 0.717) is 69.3 Å². The maximum absolute atomic E-state index is 13.8. The molecule has 2 atom stereocenters. The van der Waals surface area contributed by atoms with Crippen LogP contribution >= 0.6 is 0 Å². The van der Waals surface area contributed by atoms with Crippen LogP contribution in [0.25, 0.3) is 0 Å². The molecule has 270 valence electrons. The monoisotopic (exact) mass is 696 g/mol. The van der Waals surface area contributed by atoms with E-state index in [4.69, 9.17) is 28.4 Å². The second kappa shape index (κ2) is 17.0. The van der Waals surface area contributed by atoms with Crippen LogP contribution in [0.15, 0.2) is 60.7 Å². The molecular weight excluding hydrogens is 650 g/mol. The van der Waals surface area contributed by atoms with Crippen molar-refractivity contribution in [2.75, 3.05) is 58.1 Å². The van der Waals surface area contributed by atoms with Crippen LogP contribution in [0.5, 0.6) is 17.2 Å². The summed E-state index contributed by atoms with van der Waals surface area (Å²) >= 11 is 0. The van der Waals surface area contributed by atoms with Crippen molar-refractivity contribution < 1.29 is 46.8 Å². The maximum atomic E-state index is 13.8. The van der Waals surface area contributed by atoms with E-state index in [1.54, 1.807) is 16.9 Å². The van der Waals surface area contributed by atoms with E-state index < -0.39 is 17.2 Å². The summed E-state index contributed by atoms with van der Waals surface area (Å²) in [7, 11) is 1.64. The molecule has 2 heterocycles. The number of likely N-dealkylation sites (tertiary alicyclic amines) is 1. The molecule has 5 rings (SSSR count). The molecule has 0 spiro atoms. The van der Waals surface area contributed by atoms with Gasteiger partial charge < -0.3 is 38.2 Å². The lowest BCUT2D eigenvalue weighted by Crippen LogP contribution is -2.48. The van der Waals surface area contributed by atoms with Crippen LogP contribution in [-0.2, 0) is 25.6 Å². The lowest BCUT2D eigenvalue weighted by molar-refractivity contribution is -0.121. The molecule has 0 radical (unpaired) electrons. The zero-order valence-corrected chi connectivity index (χ0v) is 29.1. The Kier molecular flexibility index (Phi) is 12.5. The van der Waals surface area contributed by atoms with Gasteiger partial charge in [0.15, 0.2) is 18.2 Å². The Balaban J connectivity index is 1.23. The van der Waals surface area contributed by atoms with Crippen LogP contribution in [0.4, 0.5) is 19.3 Å². The molecule has 0 aliphatic carbocycles. The summed E-state index contributed by atoms with van der Waals surface area (Å²) in [6, 6.07) is 17.3. The molecule has 1 fully saturated rings. The van der Waals surface area contributed by atoms with Gasteiger partial charge in [0.2, 0.25) is 5.82 Å². The van der Waals surface area contributed by atoms with Crippen molar-refractivity contribution in [1.29, 1.82) is 0 Å². The Hall–Kier alpha value is -4.42. The SMILES string of the molecule is COCCCN1C(=O)COc2ccc(COC3CN(C(=O)OC(C)(C)C)CCC3c3ccc(OCCCOc4cccc(F)c4F)cc3)cc21. The number of halogens is 2. The predicted octanol–water partition coefficient (Wildman–Crippen LogP) is 6.88. The molecule has 50 heavy (non-hydrogen) atoms. The van der Waals surface area contributed by atoms with E-state index in [1.165, 1.54) is 12.1 Å². The van der Waals surface area contributed by atoms with Gasteiger partial charge in [-0.15, -0.1) is 0 Å². The highest BCUT2D eigenvalue weighted by Crippen LogP contribution is 2.36. The van der Waals surface area contributed by atoms with Crippen molar-refractivity contribution >= 4 is 17.7 Å². The fourth-order valence-electron chi connectivity index (χ4n) is 5.95. The standard InChI is InChI=1S/C38H46F2N2O8/c1-38(2,3)50-37(44)41-18-16-29(27-11-13-28(14-12-27)46-20-7-21-47-33-9-5-8-30(39)36(33)40)34(23-41)48-24-26-10-15-32-31(22-26)42(17-6-19-45-4)35(43)25-49-32/h5,8-15,22,29,34H,6-7,16-21,23-25H2,1-4H3. The molecule has 2 aliphatic heterocycles. The van der Waals surface area contributed by atoms with Crippen LogP contribution in [0.3, 0.4) is 0 Å². The van der Waals surface area contributed by atoms with Crippen molar-refractivity contribution in [3.8, 4) is 17.2 Å². The number of hydrogen-bond acceptors (Lipinski definition) is 8. The number of methoxy groups -OCH3 is 1. The first-order chi connectivity index (χ1) is 24.0. The number of fused-ring (bicyclic) bond motifs is 1. The minimum atomic E-state index is -1.00. The molecule has 12 heteroatoms. The predicted molar refractivity (Wildman–Crippen MR) is 183 cm³/mol. The van der Waals surface area contributed by atoms with Gasteiger partial charge in [-0.25, -0.2) is 9.18 Å². The van der Waals surface area contributed by atoms with E-state index in [1.807, 2.05) is 63.2 Å². The number of nitrogens with zero attached hydrogens (tertiary/aromatic N) is 2. The van der Waals surface area contributed by atoms with Gasteiger partial charge in [-0.05, 0) is 81.1 Å². The summed E-state index contributed by atoms with van der Waals surface area (Å²) in [5, 5.41) is 0. The third-order valence-corrected chi connectivity index (χ3v) is 8.41. The van der Waals surface area contributed by atoms with Gasteiger partial charge in [-0.3, -0.25) is 4.79 Å². The average Bonchev–Trinajstić information content (AvgIpc) is 3.09. The van der Waals surface area contributed by atoms with E-state index in [0.717, 1.165) is 17.2 Å². The molecule has 2 amide bonds. The van der Waals surface area contributed by atoms with Gasteiger partial charge in [0.25, 0.3) is 5.91 Å². The van der Waals surface area contributed by atoms with Crippen LogP contribution in [-0.4, -0.2) is 81.8 Å². The second-order valence-corrected chi connectivity index (χ2v) is 13.3. The van der Waals surface area contributed by atoms with Crippen molar-refractivity contribution in [3.63, 3.8) is 0 Å². The van der Waals surface area contributed by atoms with Crippen molar-refractivity contribution in [1.82, 2.24) is 4.90 Å². The van der Waals surface area contributed by atoms with E-state index in [9.17, 15) is 18.4 Å². The van der Waals surface area contributed by atoms with Crippen molar-refractivity contribution in [3.05, 3.63) is 83.4 Å². The Morgan fingerprint density at radius 3 is 2.52 bits per heavy atom. The summed E-state index contributed by atoms with van der Waals surface area (Å²) in [6.45, 7) is 8.21. The molecule has 1 saturated heterocycles. The van der Waals surface area contributed by atoms with E-state index in [2.05, 4.69) is 0 Å². The summed E-state index contributed by atoms with van der Waals surface area (Å²) in [6.07, 6.45) is 1.12. The molecule has 2 aliphatic rings. The number of carbonyl (C=O) groups excluding carboxylic acids is 2. The van der Waals surface area contributed by atoms with Gasteiger partial charge in [0, 0.05) is 39.1 Å². The first-order valence-corrected chi connectivity index (χ1v) is 17.0. The normalized spacial score (nSPS) is 17.6. The van der Waals surface area contributed by atoms with Crippen molar-refractivity contribution in [2.45, 2.75) is 64.3 Å². The number of amides is 2. The fourth-order valence-corrected chi connectivity index (χ4v) is 5.95. The number of hydrogen-bond donors (Lipinski definition) is 0. The highest BCUT2D eigenvalue weighted by Gasteiger charge is 2.35. The number of ether oxygens (including phenoxy) is 6. The number of anilines is 1. The first-order valence-electron chi connectivity index (χ1n) is 17.0. The van der Waals surface area contributed by atoms with Crippen LogP contribution < -0.4 is 19.1 Å². The van der Waals surface area contributed by atoms with Crippen molar-refractivity contribution in [2.24, 2.45) is 0 Å². The first kappa shape index (κ1) is 36.9. The van der Waals surface area contributed by atoms with Gasteiger partial charge in [0.1, 0.15) is 17.1 Å². The average molecular weight is 697 g/mol. The third kappa shape index (κ3) is 9.85. The van der Waals surface area contributed by atoms with Gasteiger partial charge >= 0.3 is 6.09 Å². The zero-order chi connectivity index (χ0) is 35.7. The Morgan fingerprint density at radius 2 is 1.76 bits per heavy atom. The van der Waals surface area contributed by atoms with Crippen LogP contribution in [0, 0.1) is 11.6 Å². The molecular formula is C38H46F2N2O8. The maximum Gasteiger partial charge on any atom is 0.410 e. The summed E-state index contributed by atoms with van der Waals surface area (Å²) < 4.78 is 61.5. The van der Waals surface area contributed by atoms with Crippen LogP contribution in [0.1, 0.15) is 57.1 Å². The smallest absolute Gasteiger partial charge is 0.410 e. The Bertz CT molecular complexity index is 1600. The van der Waals surface area contributed by atoms with Crippen LogP contribution in [0.2, 0.25) is 0 Å². The number of carbonyl (C=O) groups is 2. The highest BCUT2D eigenvalue weighted by atomic mass is 19.2. The van der Waals surface area contributed by atoms with Gasteiger partial charge in [-0.2, -0.15) is 4.39 Å². The molecule has 2 unspecified atom stereocenters. The van der Waals surface area contributed by atoms with Gasteiger partial charge in [0.05, 0.1) is 38.2 Å². The Labute approximate surface area is 292 Å². The minimum absolute atomic E-state index is 0.00385. The second-order valence-electron chi connectivity index (χ2n) is 13.3. The molecule has 0 saturated carbocycles. The molecule has 3 aromatic carbocycles. The zero-order valence-electron chi connectivity index (χ0n) is 29.1. The molecule has 0 N–H and O–H groups in total. The highest BCUT2D eigenvalue weighted by molar-refractivity contribution is 5.97. The van der Waals surface area contributed by atoms with E-state index >= 15 is 0 Å². The molecule has 10 nitrogen and oxygen atoms in total. The lowest BCUT2D eigenvalue weighted by Gasteiger charge is -2.39.